The normalized spacial score (nSPS) is 14.4. The second-order valence-corrected chi connectivity index (χ2v) is 8.04. The van der Waals surface area contributed by atoms with Crippen molar-refractivity contribution >= 4 is 50.6 Å². The Kier molecular flexibility index (Phi) is 5.21. The van der Waals surface area contributed by atoms with Crippen LogP contribution in [0.4, 0.5) is 5.69 Å². The Morgan fingerprint density at radius 1 is 1.00 bits per heavy atom. The zero-order valence-electron chi connectivity index (χ0n) is 14.9. The summed E-state index contributed by atoms with van der Waals surface area (Å²) in [5, 5.41) is 1.60. The smallest absolute Gasteiger partial charge is 0.366 e. The van der Waals surface area contributed by atoms with Gasteiger partial charge in [0.25, 0.3) is 5.91 Å². The number of carbonyl (C=O) groups excluding carboxylic acids is 2. The maximum absolute atomic E-state index is 12.9. The first-order valence-electron chi connectivity index (χ1n) is 8.79. The maximum Gasteiger partial charge on any atom is 0.366 e. The fraction of sp³-hybridized carbons (Fsp3) is 0.200. The molecule has 4 rings (SSSR count). The summed E-state index contributed by atoms with van der Waals surface area (Å²) in [7, 11) is 0. The fourth-order valence-corrected chi connectivity index (χ4v) is 4.44. The van der Waals surface area contributed by atoms with E-state index in [1.807, 2.05) is 41.3 Å². The van der Waals surface area contributed by atoms with Gasteiger partial charge in [-0.05, 0) is 47.9 Å². The molecule has 1 aliphatic rings. The summed E-state index contributed by atoms with van der Waals surface area (Å²) in [5.74, 6) is 4.37. The van der Waals surface area contributed by atoms with Gasteiger partial charge in [0.2, 0.25) is 0 Å². The zero-order valence-corrected chi connectivity index (χ0v) is 16.5. The van der Waals surface area contributed by atoms with Crippen molar-refractivity contribution in [3.63, 3.8) is 0 Å². The number of thiophene rings is 1. The summed E-state index contributed by atoms with van der Waals surface area (Å²) in [5.41, 5.74) is 1.72. The molecule has 6 nitrogen and oxygen atoms in total. The lowest BCUT2D eigenvalue weighted by Gasteiger charge is -2.36. The predicted octanol–water partition coefficient (Wildman–Crippen LogP) is 3.55. The molecule has 0 saturated carbocycles. The molecule has 0 bridgehead atoms. The van der Waals surface area contributed by atoms with Gasteiger partial charge in [-0.25, -0.2) is 4.79 Å². The van der Waals surface area contributed by atoms with E-state index < -0.39 is 5.97 Å². The van der Waals surface area contributed by atoms with E-state index >= 15 is 0 Å². The maximum atomic E-state index is 12.9. The number of fused-ring (bicyclic) bond motifs is 1. The molecule has 8 heteroatoms. The molecule has 28 heavy (non-hydrogen) atoms. The highest BCUT2D eigenvalue weighted by atomic mass is 35.5. The number of nitrogens with zero attached hydrogens (tertiary/aromatic N) is 2. The molecule has 1 fully saturated rings. The van der Waals surface area contributed by atoms with Crippen molar-refractivity contribution in [3.05, 3.63) is 64.0 Å². The van der Waals surface area contributed by atoms with Gasteiger partial charge < -0.3 is 14.6 Å². The third-order valence-corrected chi connectivity index (χ3v) is 6.16. The fourth-order valence-electron chi connectivity index (χ4n) is 3.33. The summed E-state index contributed by atoms with van der Waals surface area (Å²) >= 11 is 7.21. The summed E-state index contributed by atoms with van der Waals surface area (Å²) in [4.78, 5) is 33.3. The van der Waals surface area contributed by atoms with Gasteiger partial charge in [0.05, 0.1) is 0 Å². The molecule has 0 atom stereocenters. The van der Waals surface area contributed by atoms with Crippen molar-refractivity contribution < 1.29 is 14.4 Å². The number of hydrogen-bond donors (Lipinski definition) is 1. The minimum absolute atomic E-state index is 0.00555. The molecular weight excluding hydrogens is 398 g/mol. The molecule has 2 aromatic carbocycles. The van der Waals surface area contributed by atoms with Crippen LogP contribution >= 0.6 is 22.9 Å². The molecule has 1 aromatic heterocycles. The summed E-state index contributed by atoms with van der Waals surface area (Å²) in [6.07, 6.45) is 0. The Bertz CT molecular complexity index is 1030. The summed E-state index contributed by atoms with van der Waals surface area (Å²) < 4.78 is 0.853. The number of hydrogen-bond acceptors (Lipinski definition) is 6. The van der Waals surface area contributed by atoms with Crippen LogP contribution in [-0.2, 0) is 4.84 Å². The van der Waals surface area contributed by atoms with Gasteiger partial charge >= 0.3 is 5.97 Å². The highest BCUT2D eigenvalue weighted by molar-refractivity contribution is 7.20. The Balaban J connectivity index is 1.46. The van der Waals surface area contributed by atoms with Crippen LogP contribution in [0.1, 0.15) is 20.0 Å². The summed E-state index contributed by atoms with van der Waals surface area (Å²) in [6, 6.07) is 14.9. The van der Waals surface area contributed by atoms with Crippen molar-refractivity contribution in [1.82, 2.24) is 4.90 Å². The minimum atomic E-state index is -0.576. The van der Waals surface area contributed by atoms with E-state index in [2.05, 4.69) is 9.74 Å². The first-order chi connectivity index (χ1) is 13.5. The topological polar surface area (TPSA) is 75.9 Å². The lowest BCUT2D eigenvalue weighted by atomic mass is 10.1. The number of carbonyl (C=O) groups is 2. The van der Waals surface area contributed by atoms with Gasteiger partial charge in [-0.3, -0.25) is 4.79 Å². The predicted molar refractivity (Wildman–Crippen MR) is 111 cm³/mol. The van der Waals surface area contributed by atoms with Crippen LogP contribution in [0, 0.1) is 0 Å². The number of benzene rings is 2. The molecule has 0 radical (unpaired) electrons. The monoisotopic (exact) mass is 415 g/mol. The molecule has 0 aliphatic carbocycles. The van der Waals surface area contributed by atoms with E-state index in [0.717, 1.165) is 28.9 Å². The van der Waals surface area contributed by atoms with Gasteiger partial charge in [-0.1, -0.05) is 17.7 Å². The molecule has 0 unspecified atom stereocenters. The van der Waals surface area contributed by atoms with Crippen LogP contribution in [0.3, 0.4) is 0 Å². The Morgan fingerprint density at radius 3 is 2.39 bits per heavy atom. The minimum Gasteiger partial charge on any atom is -0.369 e. The highest BCUT2D eigenvalue weighted by Gasteiger charge is 2.23. The Morgan fingerprint density at radius 2 is 1.71 bits per heavy atom. The van der Waals surface area contributed by atoms with Crippen molar-refractivity contribution in [2.45, 2.75) is 0 Å². The van der Waals surface area contributed by atoms with Gasteiger partial charge in [0, 0.05) is 47.2 Å². The molecule has 1 saturated heterocycles. The van der Waals surface area contributed by atoms with Crippen molar-refractivity contribution in [1.29, 1.82) is 0 Å². The largest absolute Gasteiger partial charge is 0.369 e. The van der Waals surface area contributed by atoms with E-state index in [1.54, 1.807) is 12.1 Å². The van der Waals surface area contributed by atoms with E-state index in [4.69, 9.17) is 17.5 Å². The molecular formula is C20H18ClN3O3S. The van der Waals surface area contributed by atoms with Crippen LogP contribution in [0.5, 0.6) is 0 Å². The standard InChI is InChI=1S/C20H18ClN3O3S/c21-15-3-5-16(6-4-15)23-7-9-24(10-8-23)19(25)14-2-1-13-11-18(20(26)27-22)28-17(13)12-14/h1-6,11-12H,7-10,22H2. The average Bonchev–Trinajstić information content (AvgIpc) is 3.17. The lowest BCUT2D eigenvalue weighted by Crippen LogP contribution is -2.48. The Labute approximate surface area is 171 Å². The van der Waals surface area contributed by atoms with Crippen LogP contribution < -0.4 is 10.8 Å². The van der Waals surface area contributed by atoms with Gasteiger partial charge in [0.15, 0.2) is 0 Å². The highest BCUT2D eigenvalue weighted by Crippen LogP contribution is 2.28. The van der Waals surface area contributed by atoms with Crippen LogP contribution in [0.15, 0.2) is 48.5 Å². The quantitative estimate of drug-likeness (QED) is 0.662. The number of piperazine rings is 1. The van der Waals surface area contributed by atoms with Crippen molar-refractivity contribution in [3.8, 4) is 0 Å². The number of rotatable bonds is 3. The van der Waals surface area contributed by atoms with Gasteiger partial charge in [0.1, 0.15) is 4.88 Å². The first kappa shape index (κ1) is 18.7. The van der Waals surface area contributed by atoms with Crippen molar-refractivity contribution in [2.24, 2.45) is 5.90 Å². The molecule has 2 N–H and O–H groups in total. The molecule has 3 aromatic rings. The van der Waals surface area contributed by atoms with Crippen LogP contribution in [-0.4, -0.2) is 43.0 Å². The number of amides is 1. The van der Waals surface area contributed by atoms with Gasteiger partial charge in [-0.2, -0.15) is 5.90 Å². The SMILES string of the molecule is NOC(=O)c1cc2ccc(C(=O)N3CCN(c4ccc(Cl)cc4)CC3)cc2s1. The molecule has 1 aliphatic heterocycles. The third-order valence-electron chi connectivity index (χ3n) is 4.83. The second kappa shape index (κ2) is 7.79. The molecule has 2 heterocycles. The molecule has 144 valence electrons. The zero-order chi connectivity index (χ0) is 19.7. The van der Waals surface area contributed by atoms with E-state index in [1.165, 1.54) is 11.3 Å². The number of halogens is 1. The number of nitrogens with two attached hydrogens (primary N) is 1. The van der Waals surface area contributed by atoms with Crippen molar-refractivity contribution in [2.75, 3.05) is 31.1 Å². The number of anilines is 1. The Hall–Kier alpha value is -2.61. The lowest BCUT2D eigenvalue weighted by molar-refractivity contribution is 0.0509. The summed E-state index contributed by atoms with van der Waals surface area (Å²) in [6.45, 7) is 2.82. The van der Waals surface area contributed by atoms with E-state index in [-0.39, 0.29) is 5.91 Å². The van der Waals surface area contributed by atoms with E-state index in [0.29, 0.717) is 28.6 Å². The van der Waals surface area contributed by atoms with E-state index in [9.17, 15) is 9.59 Å². The average molecular weight is 416 g/mol. The van der Waals surface area contributed by atoms with Crippen LogP contribution in [0.2, 0.25) is 5.02 Å². The second-order valence-electron chi connectivity index (χ2n) is 6.52. The molecule has 0 spiro atoms. The van der Waals surface area contributed by atoms with Gasteiger partial charge in [-0.15, -0.1) is 11.3 Å². The first-order valence-corrected chi connectivity index (χ1v) is 9.99. The third kappa shape index (κ3) is 3.69. The molecule has 1 amide bonds. The van der Waals surface area contributed by atoms with Crippen LogP contribution in [0.25, 0.3) is 10.1 Å².